The Balaban J connectivity index is 1.58. The summed E-state index contributed by atoms with van der Waals surface area (Å²) < 4.78 is 51.8. The highest BCUT2D eigenvalue weighted by atomic mass is 19.4. The fourth-order valence-corrected chi connectivity index (χ4v) is 2.50. The van der Waals surface area contributed by atoms with Crippen LogP contribution in [-0.4, -0.2) is 41.7 Å². The fraction of sp³-hybridized carbons (Fsp3) is 0.150. The molecule has 0 aliphatic heterocycles. The molecule has 3 rings (SSSR count). The quantitative estimate of drug-likeness (QED) is 0.571. The molecule has 0 saturated carbocycles. The first kappa shape index (κ1) is 21.7. The van der Waals surface area contributed by atoms with Crippen LogP contribution in [0.1, 0.15) is 10.5 Å². The van der Waals surface area contributed by atoms with Crippen LogP contribution < -0.4 is 14.8 Å². The van der Waals surface area contributed by atoms with Crippen molar-refractivity contribution < 1.29 is 37.0 Å². The van der Waals surface area contributed by atoms with E-state index in [1.807, 2.05) is 6.07 Å². The van der Waals surface area contributed by atoms with E-state index in [0.717, 1.165) is 12.1 Å². The largest absolute Gasteiger partial charge is 0.573 e. The van der Waals surface area contributed by atoms with E-state index in [0.29, 0.717) is 5.69 Å². The number of aromatic nitrogens is 2. The van der Waals surface area contributed by atoms with Gasteiger partial charge in [0, 0.05) is 5.69 Å². The van der Waals surface area contributed by atoms with Crippen LogP contribution in [0.25, 0.3) is 5.69 Å². The van der Waals surface area contributed by atoms with Crippen molar-refractivity contribution in [2.45, 2.75) is 6.36 Å². The second-order valence-corrected chi connectivity index (χ2v) is 6.02. The number of carbonyl (C=O) groups excluding carboxylic acids is 2. The van der Waals surface area contributed by atoms with Gasteiger partial charge in [0.25, 0.3) is 5.91 Å². The van der Waals surface area contributed by atoms with Crippen molar-refractivity contribution in [1.82, 2.24) is 9.78 Å². The number of nitrogens with one attached hydrogen (secondary N) is 1. The van der Waals surface area contributed by atoms with E-state index < -0.39 is 30.6 Å². The van der Waals surface area contributed by atoms with Crippen LogP contribution in [0, 0.1) is 0 Å². The summed E-state index contributed by atoms with van der Waals surface area (Å²) in [5.74, 6) is -1.84. The van der Waals surface area contributed by atoms with Gasteiger partial charge in [-0.15, -0.1) is 13.2 Å². The second-order valence-electron chi connectivity index (χ2n) is 6.02. The number of benzene rings is 2. The van der Waals surface area contributed by atoms with E-state index in [1.165, 1.54) is 30.1 Å². The Labute approximate surface area is 174 Å². The molecular formula is C20H16F3N3O5. The van der Waals surface area contributed by atoms with Gasteiger partial charge >= 0.3 is 12.3 Å². The number of anilines is 1. The molecule has 0 radical (unpaired) electrons. The third-order valence-electron chi connectivity index (χ3n) is 3.82. The van der Waals surface area contributed by atoms with Crippen LogP contribution in [-0.2, 0) is 9.53 Å². The summed E-state index contributed by atoms with van der Waals surface area (Å²) in [4.78, 5) is 24.3. The molecule has 1 heterocycles. The number of hydrogen-bond donors (Lipinski definition) is 1. The fourth-order valence-electron chi connectivity index (χ4n) is 2.50. The Morgan fingerprint density at radius 2 is 1.74 bits per heavy atom. The Kier molecular flexibility index (Phi) is 6.43. The molecule has 0 spiro atoms. The average Bonchev–Trinajstić information content (AvgIpc) is 3.18. The number of carbonyl (C=O) groups is 2. The van der Waals surface area contributed by atoms with E-state index >= 15 is 0 Å². The molecule has 31 heavy (non-hydrogen) atoms. The first-order valence-electron chi connectivity index (χ1n) is 8.77. The number of methoxy groups -OCH3 is 1. The van der Waals surface area contributed by atoms with Crippen LogP contribution in [0.2, 0.25) is 0 Å². The summed E-state index contributed by atoms with van der Waals surface area (Å²) in [6.45, 7) is -0.638. The highest BCUT2D eigenvalue weighted by Crippen LogP contribution is 2.24. The predicted molar refractivity (Wildman–Crippen MR) is 102 cm³/mol. The van der Waals surface area contributed by atoms with Gasteiger partial charge in [0.2, 0.25) is 5.69 Å². The minimum Gasteiger partial charge on any atom is -0.493 e. The molecule has 0 saturated heterocycles. The molecule has 1 N–H and O–H groups in total. The third kappa shape index (κ3) is 5.98. The van der Waals surface area contributed by atoms with E-state index in [4.69, 9.17) is 9.47 Å². The van der Waals surface area contributed by atoms with Gasteiger partial charge in [-0.1, -0.05) is 18.2 Å². The van der Waals surface area contributed by atoms with Crippen molar-refractivity contribution >= 4 is 17.6 Å². The standard InChI is InChI=1S/C20H16F3N3O5/c1-29-16-11-26(14-5-3-2-4-6-14)25-18(16)19(28)30-12-17(27)24-13-7-9-15(10-8-13)31-20(21,22)23/h2-11H,12H2,1H3,(H,24,27). The third-order valence-corrected chi connectivity index (χ3v) is 3.82. The Hall–Kier alpha value is -4.02. The second kappa shape index (κ2) is 9.20. The van der Waals surface area contributed by atoms with Crippen LogP contribution in [0.4, 0.5) is 18.9 Å². The number of rotatable bonds is 7. The van der Waals surface area contributed by atoms with Crippen molar-refractivity contribution in [1.29, 1.82) is 0 Å². The van der Waals surface area contributed by atoms with Gasteiger partial charge < -0.3 is 19.5 Å². The lowest BCUT2D eigenvalue weighted by Gasteiger charge is -2.10. The number of esters is 1. The molecule has 0 aliphatic rings. The van der Waals surface area contributed by atoms with Gasteiger partial charge in [-0.25, -0.2) is 9.48 Å². The molecule has 0 aliphatic carbocycles. The smallest absolute Gasteiger partial charge is 0.493 e. The highest BCUT2D eigenvalue weighted by molar-refractivity contribution is 5.95. The van der Waals surface area contributed by atoms with Gasteiger partial charge in [-0.05, 0) is 36.4 Å². The van der Waals surface area contributed by atoms with Crippen LogP contribution in [0.15, 0.2) is 60.8 Å². The molecule has 11 heteroatoms. The molecule has 2 aromatic carbocycles. The number of alkyl halides is 3. The number of halogens is 3. The summed E-state index contributed by atoms with van der Waals surface area (Å²) in [5, 5.41) is 6.52. The maximum atomic E-state index is 12.3. The lowest BCUT2D eigenvalue weighted by atomic mass is 10.3. The van der Waals surface area contributed by atoms with Crippen molar-refractivity contribution in [3.63, 3.8) is 0 Å². The minimum absolute atomic E-state index is 0.118. The minimum atomic E-state index is -4.81. The highest BCUT2D eigenvalue weighted by Gasteiger charge is 2.31. The van der Waals surface area contributed by atoms with E-state index in [9.17, 15) is 22.8 Å². The molecule has 1 amide bonds. The predicted octanol–water partition coefficient (Wildman–Crippen LogP) is 3.58. The number of para-hydroxylation sites is 1. The van der Waals surface area contributed by atoms with Crippen molar-refractivity contribution in [2.24, 2.45) is 0 Å². The number of nitrogens with zero attached hydrogens (tertiary/aromatic N) is 2. The van der Waals surface area contributed by atoms with Gasteiger partial charge in [0.1, 0.15) is 5.75 Å². The van der Waals surface area contributed by atoms with E-state index in [2.05, 4.69) is 15.2 Å². The van der Waals surface area contributed by atoms with Gasteiger partial charge in [0.05, 0.1) is 19.0 Å². The van der Waals surface area contributed by atoms with E-state index in [1.54, 1.807) is 24.3 Å². The van der Waals surface area contributed by atoms with Crippen molar-refractivity contribution in [3.8, 4) is 17.2 Å². The normalized spacial score (nSPS) is 11.0. The van der Waals surface area contributed by atoms with Gasteiger partial charge in [0.15, 0.2) is 12.4 Å². The molecule has 0 atom stereocenters. The summed E-state index contributed by atoms with van der Waals surface area (Å²) in [5.41, 5.74) is 0.768. The van der Waals surface area contributed by atoms with Gasteiger partial charge in [-0.2, -0.15) is 5.10 Å². The number of ether oxygens (including phenoxy) is 3. The van der Waals surface area contributed by atoms with Crippen LogP contribution in [0.5, 0.6) is 11.5 Å². The Morgan fingerprint density at radius 1 is 1.06 bits per heavy atom. The maximum absolute atomic E-state index is 12.3. The molecule has 3 aromatic rings. The molecule has 0 fully saturated rings. The van der Waals surface area contributed by atoms with Gasteiger partial charge in [-0.3, -0.25) is 4.79 Å². The molecule has 0 bridgehead atoms. The zero-order valence-corrected chi connectivity index (χ0v) is 16.1. The van der Waals surface area contributed by atoms with Crippen molar-refractivity contribution in [2.75, 3.05) is 19.0 Å². The summed E-state index contributed by atoms with van der Waals surface area (Å²) >= 11 is 0. The zero-order chi connectivity index (χ0) is 22.4. The molecule has 1 aromatic heterocycles. The maximum Gasteiger partial charge on any atom is 0.573 e. The zero-order valence-electron chi connectivity index (χ0n) is 16.1. The first-order chi connectivity index (χ1) is 14.7. The first-order valence-corrected chi connectivity index (χ1v) is 8.77. The molecule has 0 unspecified atom stereocenters. The lowest BCUT2D eigenvalue weighted by Crippen LogP contribution is -2.21. The topological polar surface area (TPSA) is 91.7 Å². The van der Waals surface area contributed by atoms with Crippen LogP contribution >= 0.6 is 0 Å². The monoisotopic (exact) mass is 435 g/mol. The molecular weight excluding hydrogens is 419 g/mol. The van der Waals surface area contributed by atoms with Crippen molar-refractivity contribution in [3.05, 3.63) is 66.5 Å². The number of amides is 1. The lowest BCUT2D eigenvalue weighted by molar-refractivity contribution is -0.274. The van der Waals surface area contributed by atoms with E-state index in [-0.39, 0.29) is 17.1 Å². The molecule has 8 nitrogen and oxygen atoms in total. The average molecular weight is 435 g/mol. The van der Waals surface area contributed by atoms with Crippen LogP contribution in [0.3, 0.4) is 0 Å². The summed E-state index contributed by atoms with van der Waals surface area (Å²) in [6, 6.07) is 13.5. The Morgan fingerprint density at radius 3 is 2.35 bits per heavy atom. The Bertz CT molecular complexity index is 1050. The number of hydrogen-bond acceptors (Lipinski definition) is 6. The summed E-state index contributed by atoms with van der Waals surface area (Å²) in [6.07, 6.45) is -3.32. The molecule has 162 valence electrons. The summed E-state index contributed by atoms with van der Waals surface area (Å²) in [7, 11) is 1.36. The SMILES string of the molecule is COc1cn(-c2ccccc2)nc1C(=O)OCC(=O)Nc1ccc(OC(F)(F)F)cc1.